The number of rotatable bonds is 7. The van der Waals surface area contributed by atoms with E-state index in [4.69, 9.17) is 5.73 Å². The number of hydrogen-bond acceptors (Lipinski definition) is 7. The summed E-state index contributed by atoms with van der Waals surface area (Å²) in [6.07, 6.45) is 1.30. The monoisotopic (exact) mass is 429 g/mol. The maximum atomic E-state index is 13.8. The minimum Gasteiger partial charge on any atom is -0.393 e. The molecule has 0 fully saturated rings. The van der Waals surface area contributed by atoms with Gasteiger partial charge >= 0.3 is 0 Å². The number of nitrogens with zero attached hydrogens (tertiary/aromatic N) is 3. The van der Waals surface area contributed by atoms with Gasteiger partial charge in [-0.3, -0.25) is 26.1 Å². The highest BCUT2D eigenvalue weighted by Gasteiger charge is 2.16. The van der Waals surface area contributed by atoms with Gasteiger partial charge in [0.1, 0.15) is 17.8 Å². The van der Waals surface area contributed by atoms with Crippen LogP contribution in [0, 0.1) is 5.82 Å². The molecule has 0 aliphatic rings. The third-order valence-electron chi connectivity index (χ3n) is 4.54. The molecule has 0 spiro atoms. The number of anilines is 5. The SMILES string of the molecule is Nc1c(NNC(=O)c2ccccc2F)ncnc1NN(c1ccccc1)c1ccccc1. The lowest BCUT2D eigenvalue weighted by atomic mass is 10.2. The van der Waals surface area contributed by atoms with E-state index in [0.29, 0.717) is 5.82 Å². The van der Waals surface area contributed by atoms with E-state index in [9.17, 15) is 9.18 Å². The topological polar surface area (TPSA) is 108 Å². The third kappa shape index (κ3) is 4.57. The summed E-state index contributed by atoms with van der Waals surface area (Å²) in [6, 6.07) is 24.9. The molecule has 3 aromatic carbocycles. The fourth-order valence-electron chi connectivity index (χ4n) is 2.95. The van der Waals surface area contributed by atoms with Gasteiger partial charge in [0.2, 0.25) is 0 Å². The Hall–Kier alpha value is -4.66. The number of nitrogens with one attached hydrogen (secondary N) is 3. The molecule has 0 aliphatic heterocycles. The lowest BCUT2D eigenvalue weighted by Gasteiger charge is -2.26. The lowest BCUT2D eigenvalue weighted by molar-refractivity contribution is 0.0958. The van der Waals surface area contributed by atoms with Crippen LogP contribution in [0.25, 0.3) is 0 Å². The van der Waals surface area contributed by atoms with Crippen LogP contribution in [0.1, 0.15) is 10.4 Å². The molecule has 4 aromatic rings. The number of amides is 1. The normalized spacial score (nSPS) is 10.3. The van der Waals surface area contributed by atoms with Crippen molar-refractivity contribution in [1.82, 2.24) is 15.4 Å². The molecule has 4 rings (SSSR count). The first-order valence-corrected chi connectivity index (χ1v) is 9.71. The fraction of sp³-hybridized carbons (Fsp3) is 0. The smallest absolute Gasteiger partial charge is 0.272 e. The highest BCUT2D eigenvalue weighted by atomic mass is 19.1. The van der Waals surface area contributed by atoms with E-state index in [1.165, 1.54) is 24.5 Å². The van der Waals surface area contributed by atoms with Gasteiger partial charge in [-0.25, -0.2) is 14.4 Å². The number of hydrazine groups is 2. The molecule has 0 aliphatic carbocycles. The van der Waals surface area contributed by atoms with Gasteiger partial charge in [0.15, 0.2) is 11.6 Å². The zero-order chi connectivity index (χ0) is 22.3. The van der Waals surface area contributed by atoms with Gasteiger partial charge < -0.3 is 5.73 Å². The van der Waals surface area contributed by atoms with Gasteiger partial charge in [-0.2, -0.15) is 0 Å². The molecule has 8 nitrogen and oxygen atoms in total. The molecule has 0 saturated heterocycles. The number of nitrogen functional groups attached to an aromatic ring is 1. The quantitative estimate of drug-likeness (QED) is 0.327. The first-order chi connectivity index (χ1) is 15.6. The van der Waals surface area contributed by atoms with E-state index in [0.717, 1.165) is 11.4 Å². The second-order valence-electron chi connectivity index (χ2n) is 6.66. The summed E-state index contributed by atoms with van der Waals surface area (Å²) in [6.45, 7) is 0. The van der Waals surface area contributed by atoms with Crippen molar-refractivity contribution >= 4 is 34.6 Å². The van der Waals surface area contributed by atoms with E-state index in [1.807, 2.05) is 65.7 Å². The van der Waals surface area contributed by atoms with Crippen LogP contribution in [0.4, 0.5) is 33.1 Å². The number of halogens is 1. The van der Waals surface area contributed by atoms with Crippen molar-refractivity contribution in [3.05, 3.63) is 103 Å². The Morgan fingerprint density at radius 3 is 2.00 bits per heavy atom. The molecule has 0 unspecified atom stereocenters. The van der Waals surface area contributed by atoms with Crippen molar-refractivity contribution in [3.63, 3.8) is 0 Å². The Balaban J connectivity index is 1.56. The number of para-hydroxylation sites is 2. The number of carbonyl (C=O) groups is 1. The molecule has 0 atom stereocenters. The van der Waals surface area contributed by atoms with Crippen molar-refractivity contribution in [1.29, 1.82) is 0 Å². The van der Waals surface area contributed by atoms with E-state index < -0.39 is 11.7 Å². The molecule has 5 N–H and O–H groups in total. The molecule has 1 heterocycles. The van der Waals surface area contributed by atoms with Gasteiger partial charge in [0.05, 0.1) is 16.9 Å². The van der Waals surface area contributed by atoms with Crippen molar-refractivity contribution in [2.45, 2.75) is 0 Å². The van der Waals surface area contributed by atoms with Gasteiger partial charge in [-0.1, -0.05) is 48.5 Å². The minimum atomic E-state index is -0.661. The average Bonchev–Trinajstić information content (AvgIpc) is 2.84. The second-order valence-corrected chi connectivity index (χ2v) is 6.66. The summed E-state index contributed by atoms with van der Waals surface area (Å²) in [5, 5.41) is 1.82. The predicted octanol–water partition coefficient (Wildman–Crippen LogP) is 4.12. The standard InChI is InChI=1S/C23H20FN7O/c24-19-14-8-7-13-18(19)23(32)29-28-21-20(25)22(27-15-26-21)30-31(16-9-3-1-4-10-16)17-11-5-2-6-12-17/h1-15H,25H2,(H,29,32)(H2,26,27,28,30). The van der Waals surface area contributed by atoms with Gasteiger partial charge in [-0.05, 0) is 36.4 Å². The largest absolute Gasteiger partial charge is 0.393 e. The number of carbonyl (C=O) groups excluding carboxylic acids is 1. The number of benzene rings is 3. The summed E-state index contributed by atoms with van der Waals surface area (Å²) < 4.78 is 13.8. The maximum Gasteiger partial charge on any atom is 0.272 e. The predicted molar refractivity (Wildman–Crippen MR) is 123 cm³/mol. The number of hydrogen-bond donors (Lipinski definition) is 4. The number of nitrogens with two attached hydrogens (primary N) is 1. The van der Waals surface area contributed by atoms with Crippen LogP contribution in [-0.4, -0.2) is 15.9 Å². The average molecular weight is 429 g/mol. The molecule has 1 aromatic heterocycles. The molecule has 0 radical (unpaired) electrons. The Morgan fingerprint density at radius 1 is 0.812 bits per heavy atom. The van der Waals surface area contributed by atoms with Crippen LogP contribution in [0.5, 0.6) is 0 Å². The molecule has 1 amide bonds. The molecule has 9 heteroatoms. The molecule has 160 valence electrons. The van der Waals surface area contributed by atoms with Crippen LogP contribution in [0.2, 0.25) is 0 Å². The first kappa shape index (κ1) is 20.6. The van der Waals surface area contributed by atoms with Crippen LogP contribution in [0.3, 0.4) is 0 Å². The Kier molecular flexibility index (Phi) is 6.08. The van der Waals surface area contributed by atoms with Crippen molar-refractivity contribution in [2.24, 2.45) is 0 Å². The summed E-state index contributed by atoms with van der Waals surface area (Å²) in [4.78, 5) is 20.6. The summed E-state index contributed by atoms with van der Waals surface area (Å²) in [5.74, 6) is -0.819. The molecule has 0 saturated carbocycles. The lowest BCUT2D eigenvalue weighted by Crippen LogP contribution is -2.31. The molecular formula is C23H20FN7O. The van der Waals surface area contributed by atoms with Crippen LogP contribution >= 0.6 is 0 Å². The van der Waals surface area contributed by atoms with Gasteiger partial charge in [0.25, 0.3) is 5.91 Å². The maximum absolute atomic E-state index is 13.8. The first-order valence-electron chi connectivity index (χ1n) is 9.71. The van der Waals surface area contributed by atoms with E-state index >= 15 is 0 Å². The summed E-state index contributed by atoms with van der Waals surface area (Å²) in [7, 11) is 0. The Bertz CT molecular complexity index is 1170. The second kappa shape index (κ2) is 9.43. The highest BCUT2D eigenvalue weighted by molar-refractivity contribution is 5.95. The minimum absolute atomic E-state index is 0.106. The highest BCUT2D eigenvalue weighted by Crippen LogP contribution is 2.29. The molecule has 32 heavy (non-hydrogen) atoms. The van der Waals surface area contributed by atoms with Crippen LogP contribution in [0.15, 0.2) is 91.3 Å². The van der Waals surface area contributed by atoms with Crippen molar-refractivity contribution in [2.75, 3.05) is 21.6 Å². The Labute approximate surface area is 183 Å². The zero-order valence-electron chi connectivity index (χ0n) is 16.9. The van der Waals surface area contributed by atoms with Gasteiger partial charge in [0, 0.05) is 0 Å². The summed E-state index contributed by atoms with van der Waals surface area (Å²) >= 11 is 0. The van der Waals surface area contributed by atoms with Crippen LogP contribution < -0.4 is 27.0 Å². The van der Waals surface area contributed by atoms with E-state index in [2.05, 4.69) is 26.2 Å². The third-order valence-corrected chi connectivity index (χ3v) is 4.54. The van der Waals surface area contributed by atoms with Gasteiger partial charge in [-0.15, -0.1) is 0 Å². The number of aromatic nitrogens is 2. The summed E-state index contributed by atoms with van der Waals surface area (Å²) in [5.41, 5.74) is 16.2. The zero-order valence-corrected chi connectivity index (χ0v) is 16.9. The molecular weight excluding hydrogens is 409 g/mol. The van der Waals surface area contributed by atoms with Crippen LogP contribution in [-0.2, 0) is 0 Å². The van der Waals surface area contributed by atoms with E-state index in [1.54, 1.807) is 6.07 Å². The fourth-order valence-corrected chi connectivity index (χ4v) is 2.95. The Morgan fingerprint density at radius 2 is 1.38 bits per heavy atom. The van der Waals surface area contributed by atoms with E-state index in [-0.39, 0.29) is 17.1 Å². The molecule has 0 bridgehead atoms. The van der Waals surface area contributed by atoms with Crippen molar-refractivity contribution < 1.29 is 9.18 Å². The van der Waals surface area contributed by atoms with Crippen molar-refractivity contribution in [3.8, 4) is 0 Å².